The van der Waals surface area contributed by atoms with Gasteiger partial charge in [-0.3, -0.25) is 0 Å². The molecule has 1 heterocycles. The highest BCUT2D eigenvalue weighted by Crippen LogP contribution is 2.24. The summed E-state index contributed by atoms with van der Waals surface area (Å²) in [4.78, 5) is 0. The summed E-state index contributed by atoms with van der Waals surface area (Å²) < 4.78 is 26.6. The molecule has 18 heavy (non-hydrogen) atoms. The van der Waals surface area contributed by atoms with E-state index in [1.54, 1.807) is 0 Å². The van der Waals surface area contributed by atoms with Crippen LogP contribution in [0.1, 0.15) is 38.5 Å². The molecule has 6 heteroatoms. The summed E-state index contributed by atoms with van der Waals surface area (Å²) in [6, 6.07) is 0. The largest absolute Gasteiger partial charge is 0.316 e. The zero-order valence-electron chi connectivity index (χ0n) is 10.9. The Balaban J connectivity index is 0.00000162. The lowest BCUT2D eigenvalue weighted by atomic mass is 9.91. The average Bonchev–Trinajstić information content (AvgIpc) is 2.80. The second kappa shape index (κ2) is 7.68. The van der Waals surface area contributed by atoms with E-state index in [1.807, 2.05) is 0 Å². The maximum absolute atomic E-state index is 11.9. The van der Waals surface area contributed by atoms with Crippen molar-refractivity contribution < 1.29 is 8.42 Å². The maximum Gasteiger partial charge on any atom is 0.211 e. The van der Waals surface area contributed by atoms with E-state index in [2.05, 4.69) is 10.0 Å². The lowest BCUT2D eigenvalue weighted by molar-refractivity contribution is 0.383. The molecule has 0 aromatic heterocycles. The molecule has 0 aromatic carbocycles. The summed E-state index contributed by atoms with van der Waals surface area (Å²) in [6.07, 6.45) is 6.95. The molecule has 2 fully saturated rings. The molecule has 108 valence electrons. The second-order valence-corrected chi connectivity index (χ2v) is 7.34. The van der Waals surface area contributed by atoms with E-state index < -0.39 is 10.0 Å². The highest BCUT2D eigenvalue weighted by Gasteiger charge is 2.22. The van der Waals surface area contributed by atoms with Gasteiger partial charge < -0.3 is 5.32 Å². The fraction of sp³-hybridized carbons (Fsp3) is 1.00. The Morgan fingerprint density at radius 1 is 1.06 bits per heavy atom. The van der Waals surface area contributed by atoms with Crippen LogP contribution in [0.3, 0.4) is 0 Å². The molecule has 1 unspecified atom stereocenters. The molecule has 2 rings (SSSR count). The number of rotatable bonds is 5. The van der Waals surface area contributed by atoms with E-state index >= 15 is 0 Å². The first kappa shape index (κ1) is 16.2. The molecule has 1 aliphatic carbocycles. The van der Waals surface area contributed by atoms with Crippen molar-refractivity contribution in [3.8, 4) is 0 Å². The Kier molecular flexibility index (Phi) is 6.92. The Morgan fingerprint density at radius 3 is 2.39 bits per heavy atom. The molecule has 1 saturated heterocycles. The minimum atomic E-state index is -3.05. The predicted molar refractivity (Wildman–Crippen MR) is 76.6 cm³/mol. The van der Waals surface area contributed by atoms with Crippen LogP contribution >= 0.6 is 12.4 Å². The maximum atomic E-state index is 11.9. The van der Waals surface area contributed by atoms with Gasteiger partial charge in [-0.1, -0.05) is 19.3 Å². The molecule has 1 aliphatic heterocycles. The average molecular weight is 297 g/mol. The molecule has 0 amide bonds. The first-order valence-corrected chi connectivity index (χ1v) is 8.49. The van der Waals surface area contributed by atoms with Gasteiger partial charge in [-0.2, -0.15) is 0 Å². The SMILES string of the molecule is Cl.O=S(=O)(CC1CCCCC1)NCC1CCNC1. The van der Waals surface area contributed by atoms with Crippen molar-refractivity contribution in [1.82, 2.24) is 10.0 Å². The van der Waals surface area contributed by atoms with Crippen molar-refractivity contribution >= 4 is 22.4 Å². The zero-order chi connectivity index (χ0) is 12.1. The van der Waals surface area contributed by atoms with E-state index in [9.17, 15) is 8.42 Å². The zero-order valence-corrected chi connectivity index (χ0v) is 12.5. The summed E-state index contributed by atoms with van der Waals surface area (Å²) in [6.45, 7) is 2.59. The van der Waals surface area contributed by atoms with E-state index in [4.69, 9.17) is 0 Å². The minimum Gasteiger partial charge on any atom is -0.316 e. The van der Waals surface area contributed by atoms with Crippen LogP contribution in [0.2, 0.25) is 0 Å². The normalized spacial score (nSPS) is 25.9. The summed E-state index contributed by atoms with van der Waals surface area (Å²) in [7, 11) is -3.05. The third-order valence-electron chi connectivity index (χ3n) is 3.93. The van der Waals surface area contributed by atoms with E-state index in [0.29, 0.717) is 24.1 Å². The number of sulfonamides is 1. The standard InChI is InChI=1S/C12H24N2O2S.ClH/c15-17(16,10-11-4-2-1-3-5-11)14-9-12-6-7-13-8-12;/h11-14H,1-10H2;1H. The monoisotopic (exact) mass is 296 g/mol. The molecule has 1 saturated carbocycles. The molecule has 0 radical (unpaired) electrons. The van der Waals surface area contributed by atoms with Crippen molar-refractivity contribution in [2.45, 2.75) is 38.5 Å². The minimum absolute atomic E-state index is 0. The van der Waals surface area contributed by atoms with Gasteiger partial charge in [0.1, 0.15) is 0 Å². The van der Waals surface area contributed by atoms with Gasteiger partial charge in [0.2, 0.25) is 10.0 Å². The molecule has 0 bridgehead atoms. The number of halogens is 1. The Bertz CT molecular complexity index is 323. The van der Waals surface area contributed by atoms with Crippen molar-refractivity contribution in [3.63, 3.8) is 0 Å². The van der Waals surface area contributed by atoms with Crippen molar-refractivity contribution in [3.05, 3.63) is 0 Å². The molecule has 1 atom stereocenters. The van der Waals surface area contributed by atoms with Gasteiger partial charge in [0.15, 0.2) is 0 Å². The van der Waals surface area contributed by atoms with Crippen LogP contribution in [0.15, 0.2) is 0 Å². The number of hydrogen-bond acceptors (Lipinski definition) is 3. The van der Waals surface area contributed by atoms with Gasteiger partial charge in [-0.25, -0.2) is 13.1 Å². The Hall–Kier alpha value is 0.160. The van der Waals surface area contributed by atoms with Crippen molar-refractivity contribution in [2.75, 3.05) is 25.4 Å². The van der Waals surface area contributed by atoms with Crippen LogP contribution in [-0.2, 0) is 10.0 Å². The number of nitrogens with one attached hydrogen (secondary N) is 2. The van der Waals surface area contributed by atoms with E-state index in [1.165, 1.54) is 19.3 Å². The Labute approximate surface area is 117 Å². The van der Waals surface area contributed by atoms with Crippen LogP contribution in [0.4, 0.5) is 0 Å². The molecule has 0 spiro atoms. The molecule has 4 nitrogen and oxygen atoms in total. The van der Waals surface area contributed by atoms with Crippen LogP contribution in [0.25, 0.3) is 0 Å². The van der Waals surface area contributed by atoms with Gasteiger partial charge in [0, 0.05) is 6.54 Å². The summed E-state index contributed by atoms with van der Waals surface area (Å²) in [5.41, 5.74) is 0. The highest BCUT2D eigenvalue weighted by atomic mass is 35.5. The van der Waals surface area contributed by atoms with E-state index in [-0.39, 0.29) is 12.4 Å². The lowest BCUT2D eigenvalue weighted by Gasteiger charge is -2.21. The third-order valence-corrected chi connectivity index (χ3v) is 5.45. The van der Waals surface area contributed by atoms with Crippen LogP contribution in [0, 0.1) is 11.8 Å². The second-order valence-electron chi connectivity index (χ2n) is 5.49. The third kappa shape index (κ3) is 5.43. The van der Waals surface area contributed by atoms with Crippen molar-refractivity contribution in [1.29, 1.82) is 0 Å². The fourth-order valence-corrected chi connectivity index (χ4v) is 4.42. The summed E-state index contributed by atoms with van der Waals surface area (Å²) in [5.74, 6) is 1.21. The summed E-state index contributed by atoms with van der Waals surface area (Å²) >= 11 is 0. The first-order chi connectivity index (χ1) is 8.16. The topological polar surface area (TPSA) is 58.2 Å². The summed E-state index contributed by atoms with van der Waals surface area (Å²) in [5, 5.41) is 3.26. The molecular formula is C12H25ClN2O2S. The molecule has 2 N–H and O–H groups in total. The first-order valence-electron chi connectivity index (χ1n) is 6.84. The van der Waals surface area contributed by atoms with Crippen LogP contribution in [0.5, 0.6) is 0 Å². The van der Waals surface area contributed by atoms with Gasteiger partial charge in [0.05, 0.1) is 5.75 Å². The van der Waals surface area contributed by atoms with Gasteiger partial charge in [0.25, 0.3) is 0 Å². The van der Waals surface area contributed by atoms with Gasteiger partial charge >= 0.3 is 0 Å². The molecular weight excluding hydrogens is 272 g/mol. The lowest BCUT2D eigenvalue weighted by Crippen LogP contribution is -2.34. The van der Waals surface area contributed by atoms with E-state index in [0.717, 1.165) is 32.4 Å². The Morgan fingerprint density at radius 2 is 1.78 bits per heavy atom. The highest BCUT2D eigenvalue weighted by molar-refractivity contribution is 7.89. The van der Waals surface area contributed by atoms with Crippen LogP contribution < -0.4 is 10.0 Å². The van der Waals surface area contributed by atoms with Gasteiger partial charge in [-0.05, 0) is 44.2 Å². The predicted octanol–water partition coefficient (Wildman–Crippen LogP) is 1.52. The molecule has 0 aromatic rings. The smallest absolute Gasteiger partial charge is 0.211 e. The quantitative estimate of drug-likeness (QED) is 0.809. The number of hydrogen-bond donors (Lipinski definition) is 2. The van der Waals surface area contributed by atoms with Crippen LogP contribution in [-0.4, -0.2) is 33.8 Å². The fourth-order valence-electron chi connectivity index (χ4n) is 2.86. The van der Waals surface area contributed by atoms with Gasteiger partial charge in [-0.15, -0.1) is 12.4 Å². The van der Waals surface area contributed by atoms with Crippen molar-refractivity contribution in [2.24, 2.45) is 11.8 Å². The molecule has 2 aliphatic rings.